The number of pyridine rings is 1. The minimum Gasteiger partial charge on any atom is -0.349 e. The largest absolute Gasteiger partial charge is 0.349 e. The van der Waals surface area contributed by atoms with Crippen LogP contribution in [0.15, 0.2) is 35.3 Å². The highest BCUT2D eigenvalue weighted by atomic mass is 16.2. The van der Waals surface area contributed by atoms with Crippen molar-refractivity contribution in [2.24, 2.45) is 0 Å². The van der Waals surface area contributed by atoms with Crippen molar-refractivity contribution in [3.05, 3.63) is 46.5 Å². The van der Waals surface area contributed by atoms with Gasteiger partial charge in [-0.2, -0.15) is 0 Å². The molecule has 2 aliphatic rings. The summed E-state index contributed by atoms with van der Waals surface area (Å²) in [7, 11) is 0. The number of nitrogens with one attached hydrogen (secondary N) is 2. The molecular formula is C17H20N4O2. The third-order valence-electron chi connectivity index (χ3n) is 5.11. The average molecular weight is 312 g/mol. The Morgan fingerprint density at radius 1 is 1.35 bits per heavy atom. The Labute approximate surface area is 133 Å². The standard InChI is InChI=1S/C17H20N4O2/c22-15-6-5-13(17(20-15)7-3-8-17)18-11-12-10-16(23)21-9-2-1-4-14(21)19-12/h1-2,4,9-10,13,18H,3,5-8,11H2,(H,20,22)/t13-/m0/s1. The number of aromatic nitrogens is 2. The molecule has 4 rings (SSSR count). The van der Waals surface area contributed by atoms with Gasteiger partial charge < -0.3 is 10.6 Å². The topological polar surface area (TPSA) is 75.5 Å². The van der Waals surface area contributed by atoms with Crippen LogP contribution in [-0.2, 0) is 11.3 Å². The highest BCUT2D eigenvalue weighted by Crippen LogP contribution is 2.38. The summed E-state index contributed by atoms with van der Waals surface area (Å²) in [6, 6.07) is 7.36. The highest BCUT2D eigenvalue weighted by molar-refractivity contribution is 5.78. The Morgan fingerprint density at radius 2 is 2.22 bits per heavy atom. The lowest BCUT2D eigenvalue weighted by molar-refractivity contribution is -0.128. The second kappa shape index (κ2) is 5.45. The molecule has 0 radical (unpaired) electrons. The molecule has 2 aromatic heterocycles. The zero-order valence-corrected chi connectivity index (χ0v) is 12.9. The highest BCUT2D eigenvalue weighted by Gasteiger charge is 2.47. The van der Waals surface area contributed by atoms with Crippen molar-refractivity contribution < 1.29 is 4.79 Å². The molecule has 0 aromatic carbocycles. The summed E-state index contributed by atoms with van der Waals surface area (Å²) in [6.45, 7) is 0.545. The first-order chi connectivity index (χ1) is 11.2. The number of hydrogen-bond donors (Lipinski definition) is 2. The summed E-state index contributed by atoms with van der Waals surface area (Å²) in [5, 5.41) is 6.69. The van der Waals surface area contributed by atoms with Crippen molar-refractivity contribution >= 4 is 11.6 Å². The zero-order chi connectivity index (χ0) is 15.9. The van der Waals surface area contributed by atoms with Crippen LogP contribution in [0, 0.1) is 0 Å². The quantitative estimate of drug-likeness (QED) is 0.886. The minimum atomic E-state index is -0.0821. The van der Waals surface area contributed by atoms with Crippen LogP contribution in [0.5, 0.6) is 0 Å². The minimum absolute atomic E-state index is 0.0669. The summed E-state index contributed by atoms with van der Waals surface area (Å²) < 4.78 is 1.54. The van der Waals surface area contributed by atoms with E-state index in [-0.39, 0.29) is 23.0 Å². The predicted octanol–water partition coefficient (Wildman–Crippen LogP) is 0.985. The number of fused-ring (bicyclic) bond motifs is 1. The fraction of sp³-hybridized carbons (Fsp3) is 0.471. The molecule has 0 unspecified atom stereocenters. The molecule has 2 N–H and O–H groups in total. The summed E-state index contributed by atoms with van der Waals surface area (Å²) in [4.78, 5) is 28.4. The SMILES string of the molecule is O=C1CC[C@H](NCc2cc(=O)n3ccccc3n2)C2(CCC2)N1. The number of carbonyl (C=O) groups is 1. The molecule has 120 valence electrons. The summed E-state index contributed by atoms with van der Waals surface area (Å²) in [5.41, 5.74) is 1.25. The van der Waals surface area contributed by atoms with Crippen LogP contribution in [0.2, 0.25) is 0 Å². The van der Waals surface area contributed by atoms with Gasteiger partial charge in [-0.25, -0.2) is 4.98 Å². The molecule has 3 heterocycles. The van der Waals surface area contributed by atoms with Crippen molar-refractivity contribution in [3.8, 4) is 0 Å². The van der Waals surface area contributed by atoms with E-state index in [1.165, 1.54) is 4.40 Å². The lowest BCUT2D eigenvalue weighted by Crippen LogP contribution is -2.67. The van der Waals surface area contributed by atoms with Gasteiger partial charge in [0, 0.05) is 31.3 Å². The zero-order valence-electron chi connectivity index (χ0n) is 12.9. The predicted molar refractivity (Wildman–Crippen MR) is 86.0 cm³/mol. The van der Waals surface area contributed by atoms with E-state index in [1.807, 2.05) is 18.2 Å². The Hall–Kier alpha value is -2.21. The second-order valence-electron chi connectivity index (χ2n) is 6.54. The van der Waals surface area contributed by atoms with E-state index in [1.54, 1.807) is 12.3 Å². The molecule has 1 saturated heterocycles. The van der Waals surface area contributed by atoms with Crippen LogP contribution in [0.25, 0.3) is 5.65 Å². The number of amides is 1. The first-order valence-electron chi connectivity index (χ1n) is 8.18. The van der Waals surface area contributed by atoms with E-state index in [0.717, 1.165) is 31.4 Å². The fourth-order valence-corrected chi connectivity index (χ4v) is 3.73. The van der Waals surface area contributed by atoms with Crippen LogP contribution >= 0.6 is 0 Å². The van der Waals surface area contributed by atoms with Crippen molar-refractivity contribution in [2.45, 2.75) is 50.2 Å². The lowest BCUT2D eigenvalue weighted by Gasteiger charge is -2.51. The first kappa shape index (κ1) is 14.4. The Kier molecular flexibility index (Phi) is 3.41. The third-order valence-corrected chi connectivity index (χ3v) is 5.11. The molecule has 1 aliphatic carbocycles. The van der Waals surface area contributed by atoms with Gasteiger partial charge in [0.2, 0.25) is 5.91 Å². The number of nitrogens with zero attached hydrogens (tertiary/aromatic N) is 2. The molecular weight excluding hydrogens is 292 g/mol. The number of rotatable bonds is 3. The van der Waals surface area contributed by atoms with E-state index < -0.39 is 0 Å². The van der Waals surface area contributed by atoms with Gasteiger partial charge in [0.15, 0.2) is 0 Å². The molecule has 1 atom stereocenters. The van der Waals surface area contributed by atoms with Gasteiger partial charge in [-0.1, -0.05) is 6.07 Å². The van der Waals surface area contributed by atoms with Crippen LogP contribution in [0.4, 0.5) is 0 Å². The fourth-order valence-electron chi connectivity index (χ4n) is 3.73. The summed E-state index contributed by atoms with van der Waals surface area (Å²) in [6.07, 6.45) is 6.36. The van der Waals surface area contributed by atoms with Gasteiger partial charge >= 0.3 is 0 Å². The molecule has 2 fully saturated rings. The Bertz CT molecular complexity index is 810. The molecule has 23 heavy (non-hydrogen) atoms. The van der Waals surface area contributed by atoms with Gasteiger partial charge in [-0.3, -0.25) is 14.0 Å². The molecule has 2 aromatic rings. The average Bonchev–Trinajstić information content (AvgIpc) is 2.52. The molecule has 1 saturated carbocycles. The van der Waals surface area contributed by atoms with E-state index in [4.69, 9.17) is 0 Å². The van der Waals surface area contributed by atoms with Crippen LogP contribution in [0.1, 0.15) is 37.8 Å². The van der Waals surface area contributed by atoms with E-state index >= 15 is 0 Å². The van der Waals surface area contributed by atoms with Crippen LogP contribution < -0.4 is 16.2 Å². The van der Waals surface area contributed by atoms with Gasteiger partial charge in [-0.05, 0) is 37.8 Å². The molecule has 6 nitrogen and oxygen atoms in total. The van der Waals surface area contributed by atoms with Gasteiger partial charge in [0.25, 0.3) is 5.56 Å². The van der Waals surface area contributed by atoms with Gasteiger partial charge in [0.1, 0.15) is 5.65 Å². The molecule has 0 bridgehead atoms. The van der Waals surface area contributed by atoms with E-state index in [9.17, 15) is 9.59 Å². The smallest absolute Gasteiger partial charge is 0.258 e. The maximum absolute atomic E-state index is 12.1. The number of piperidine rings is 1. The maximum Gasteiger partial charge on any atom is 0.258 e. The summed E-state index contributed by atoms with van der Waals surface area (Å²) in [5.74, 6) is 0.157. The van der Waals surface area contributed by atoms with E-state index in [2.05, 4.69) is 15.6 Å². The third kappa shape index (κ3) is 2.53. The maximum atomic E-state index is 12.1. The van der Waals surface area contributed by atoms with E-state index in [0.29, 0.717) is 18.6 Å². The monoisotopic (exact) mass is 312 g/mol. The Morgan fingerprint density at radius 3 is 3.00 bits per heavy atom. The summed E-state index contributed by atoms with van der Waals surface area (Å²) >= 11 is 0. The molecule has 6 heteroatoms. The van der Waals surface area contributed by atoms with Crippen molar-refractivity contribution in [1.82, 2.24) is 20.0 Å². The normalized spacial score (nSPS) is 22.8. The van der Waals surface area contributed by atoms with Crippen molar-refractivity contribution in [1.29, 1.82) is 0 Å². The van der Waals surface area contributed by atoms with Gasteiger partial charge in [0.05, 0.1) is 11.2 Å². The second-order valence-corrected chi connectivity index (χ2v) is 6.54. The molecule has 1 amide bonds. The van der Waals surface area contributed by atoms with Gasteiger partial charge in [-0.15, -0.1) is 0 Å². The molecule has 1 aliphatic heterocycles. The molecule has 1 spiro atoms. The van der Waals surface area contributed by atoms with Crippen LogP contribution in [0.3, 0.4) is 0 Å². The van der Waals surface area contributed by atoms with Crippen LogP contribution in [-0.4, -0.2) is 26.9 Å². The lowest BCUT2D eigenvalue weighted by atomic mass is 9.68. The Balaban J connectivity index is 1.52. The first-order valence-corrected chi connectivity index (χ1v) is 8.18. The number of hydrogen-bond acceptors (Lipinski definition) is 4. The number of carbonyl (C=O) groups excluding carboxylic acids is 1. The van der Waals surface area contributed by atoms with Crippen molar-refractivity contribution in [2.75, 3.05) is 0 Å². The van der Waals surface area contributed by atoms with Crippen molar-refractivity contribution in [3.63, 3.8) is 0 Å².